The first-order valence-corrected chi connectivity index (χ1v) is 6.64. The molecule has 1 saturated carbocycles. The lowest BCUT2D eigenvalue weighted by Gasteiger charge is -2.25. The van der Waals surface area contributed by atoms with Gasteiger partial charge in [-0.05, 0) is 49.9 Å². The van der Waals surface area contributed by atoms with Gasteiger partial charge in [0.15, 0.2) is 5.69 Å². The lowest BCUT2D eigenvalue weighted by Crippen LogP contribution is -2.15. The van der Waals surface area contributed by atoms with Gasteiger partial charge in [-0.2, -0.15) is 5.26 Å². The van der Waals surface area contributed by atoms with Crippen LogP contribution < -0.4 is 0 Å². The van der Waals surface area contributed by atoms with Crippen molar-refractivity contribution in [1.29, 1.82) is 5.26 Å². The summed E-state index contributed by atoms with van der Waals surface area (Å²) in [5.41, 5.74) is 4.94. The summed E-state index contributed by atoms with van der Waals surface area (Å²) in [5, 5.41) is 17.4. The van der Waals surface area contributed by atoms with E-state index in [1.807, 2.05) is 10.7 Å². The van der Waals surface area contributed by atoms with Crippen LogP contribution >= 0.6 is 0 Å². The van der Waals surface area contributed by atoms with Gasteiger partial charge in [0.2, 0.25) is 0 Å². The van der Waals surface area contributed by atoms with E-state index in [0.717, 1.165) is 24.2 Å². The number of aromatic nitrogens is 3. The van der Waals surface area contributed by atoms with E-state index in [2.05, 4.69) is 42.4 Å². The van der Waals surface area contributed by atoms with Crippen molar-refractivity contribution in [3.05, 3.63) is 40.7 Å². The van der Waals surface area contributed by atoms with Gasteiger partial charge in [0.05, 0.1) is 11.4 Å². The first kappa shape index (κ1) is 11.9. The molecule has 1 aromatic carbocycles. The monoisotopic (exact) mass is 252 g/mol. The van der Waals surface area contributed by atoms with Crippen molar-refractivity contribution in [3.8, 4) is 11.8 Å². The second kappa shape index (κ2) is 4.51. The van der Waals surface area contributed by atoms with E-state index in [1.165, 1.54) is 17.5 Å². The van der Waals surface area contributed by atoms with E-state index in [4.69, 9.17) is 0 Å². The Morgan fingerprint density at radius 2 is 2.05 bits per heavy atom. The zero-order valence-corrected chi connectivity index (χ0v) is 11.2. The quantitative estimate of drug-likeness (QED) is 0.825. The van der Waals surface area contributed by atoms with Gasteiger partial charge in [0, 0.05) is 5.92 Å². The van der Waals surface area contributed by atoms with Crippen LogP contribution in [0.25, 0.3) is 5.69 Å². The fourth-order valence-corrected chi connectivity index (χ4v) is 2.46. The van der Waals surface area contributed by atoms with E-state index in [1.54, 1.807) is 0 Å². The Balaban J connectivity index is 2.11. The van der Waals surface area contributed by atoms with E-state index in [9.17, 15) is 5.26 Å². The van der Waals surface area contributed by atoms with Gasteiger partial charge >= 0.3 is 0 Å². The number of rotatable bonds is 2. The van der Waals surface area contributed by atoms with Crippen molar-refractivity contribution in [2.45, 2.75) is 39.0 Å². The third kappa shape index (κ3) is 1.91. The molecule has 0 radical (unpaired) electrons. The largest absolute Gasteiger partial charge is 0.216 e. The minimum Gasteiger partial charge on any atom is -0.216 e. The number of benzene rings is 1. The maximum absolute atomic E-state index is 9.18. The van der Waals surface area contributed by atoms with Gasteiger partial charge < -0.3 is 0 Å². The molecule has 0 N–H and O–H groups in total. The molecule has 0 unspecified atom stereocenters. The molecule has 1 aliphatic rings. The van der Waals surface area contributed by atoms with Crippen LogP contribution in [-0.4, -0.2) is 15.0 Å². The summed E-state index contributed by atoms with van der Waals surface area (Å²) in [5.74, 6) is 0.436. The number of nitrogens with zero attached hydrogens (tertiary/aromatic N) is 4. The minimum atomic E-state index is 0.436. The molecular weight excluding hydrogens is 236 g/mol. The summed E-state index contributed by atoms with van der Waals surface area (Å²) < 4.78 is 1.84. The lowest BCUT2D eigenvalue weighted by molar-refractivity contribution is 0.402. The molecule has 0 bridgehead atoms. The summed E-state index contributed by atoms with van der Waals surface area (Å²) in [6.45, 7) is 4.18. The summed E-state index contributed by atoms with van der Waals surface area (Å²) in [7, 11) is 0. The molecule has 0 spiro atoms. The van der Waals surface area contributed by atoms with Crippen LogP contribution in [-0.2, 0) is 0 Å². The van der Waals surface area contributed by atoms with Crippen LogP contribution in [0.15, 0.2) is 18.2 Å². The third-order valence-electron chi connectivity index (χ3n) is 4.04. The number of nitriles is 1. The molecule has 1 heterocycles. The normalized spacial score (nSPS) is 15.0. The van der Waals surface area contributed by atoms with Gasteiger partial charge in [-0.15, -0.1) is 5.10 Å². The van der Waals surface area contributed by atoms with E-state index < -0.39 is 0 Å². The lowest BCUT2D eigenvalue weighted by atomic mass is 9.82. The summed E-state index contributed by atoms with van der Waals surface area (Å²) in [6, 6.07) is 8.40. The van der Waals surface area contributed by atoms with Crippen molar-refractivity contribution in [2.75, 3.05) is 0 Å². The van der Waals surface area contributed by atoms with Crippen LogP contribution in [0.1, 0.15) is 47.7 Å². The number of hydrogen-bond donors (Lipinski definition) is 0. The highest BCUT2D eigenvalue weighted by molar-refractivity contribution is 5.42. The van der Waals surface area contributed by atoms with E-state index >= 15 is 0 Å². The Morgan fingerprint density at radius 1 is 1.26 bits per heavy atom. The second-order valence-electron chi connectivity index (χ2n) is 5.24. The van der Waals surface area contributed by atoms with Gasteiger partial charge in [0.25, 0.3) is 0 Å². The van der Waals surface area contributed by atoms with E-state index in [0.29, 0.717) is 11.6 Å². The average molecular weight is 252 g/mol. The Morgan fingerprint density at radius 3 is 2.63 bits per heavy atom. The standard InChI is InChI=1S/C15H16N4/c1-10-6-7-13(8-11(10)2)19-15(12-4-3-5-12)14(9-16)17-18-19/h6-8,12H,3-5H2,1-2H3. The van der Waals surface area contributed by atoms with Crippen LogP contribution in [0, 0.1) is 25.2 Å². The van der Waals surface area contributed by atoms with Crippen molar-refractivity contribution < 1.29 is 0 Å². The zero-order chi connectivity index (χ0) is 13.4. The topological polar surface area (TPSA) is 54.5 Å². The fourth-order valence-electron chi connectivity index (χ4n) is 2.46. The molecule has 96 valence electrons. The van der Waals surface area contributed by atoms with Crippen LogP contribution in [0.5, 0.6) is 0 Å². The van der Waals surface area contributed by atoms with Crippen LogP contribution in [0.4, 0.5) is 0 Å². The summed E-state index contributed by atoms with van der Waals surface area (Å²) in [4.78, 5) is 0. The minimum absolute atomic E-state index is 0.436. The highest BCUT2D eigenvalue weighted by Gasteiger charge is 2.28. The predicted molar refractivity (Wildman–Crippen MR) is 72.1 cm³/mol. The molecule has 1 aromatic heterocycles. The predicted octanol–water partition coefficient (Wildman–Crippen LogP) is 3.02. The molecule has 0 amide bonds. The fraction of sp³-hybridized carbons (Fsp3) is 0.400. The number of aryl methyl sites for hydroxylation is 2. The average Bonchev–Trinajstić information content (AvgIpc) is 2.74. The Hall–Kier alpha value is -2.15. The molecule has 0 aliphatic heterocycles. The maximum atomic E-state index is 9.18. The molecule has 3 rings (SSSR count). The van der Waals surface area contributed by atoms with Crippen LogP contribution in [0.2, 0.25) is 0 Å². The Kier molecular flexibility index (Phi) is 2.83. The van der Waals surface area contributed by atoms with Crippen molar-refractivity contribution in [1.82, 2.24) is 15.0 Å². The molecule has 0 saturated heterocycles. The molecule has 19 heavy (non-hydrogen) atoms. The smallest absolute Gasteiger partial charge is 0.186 e. The van der Waals surface area contributed by atoms with Gasteiger partial charge in [-0.25, -0.2) is 4.68 Å². The van der Waals surface area contributed by atoms with E-state index in [-0.39, 0.29) is 0 Å². The molecule has 2 aromatic rings. The van der Waals surface area contributed by atoms with Gasteiger partial charge in [-0.3, -0.25) is 0 Å². The van der Waals surface area contributed by atoms with Crippen molar-refractivity contribution in [2.24, 2.45) is 0 Å². The number of hydrogen-bond acceptors (Lipinski definition) is 3. The first-order valence-electron chi connectivity index (χ1n) is 6.64. The highest BCUT2D eigenvalue weighted by Crippen LogP contribution is 2.38. The first-order chi connectivity index (χ1) is 9.20. The van der Waals surface area contributed by atoms with Crippen molar-refractivity contribution >= 4 is 0 Å². The zero-order valence-electron chi connectivity index (χ0n) is 11.2. The molecule has 1 fully saturated rings. The Labute approximate surface area is 112 Å². The van der Waals surface area contributed by atoms with Gasteiger partial charge in [-0.1, -0.05) is 17.7 Å². The molecule has 0 atom stereocenters. The Bertz CT molecular complexity index is 659. The molecular formula is C15H16N4. The molecule has 4 heteroatoms. The van der Waals surface area contributed by atoms with Gasteiger partial charge in [0.1, 0.15) is 6.07 Å². The summed E-state index contributed by atoms with van der Waals surface area (Å²) in [6.07, 6.45) is 3.49. The molecule has 4 nitrogen and oxygen atoms in total. The maximum Gasteiger partial charge on any atom is 0.186 e. The second-order valence-corrected chi connectivity index (χ2v) is 5.24. The van der Waals surface area contributed by atoms with Crippen molar-refractivity contribution in [3.63, 3.8) is 0 Å². The molecule has 1 aliphatic carbocycles. The third-order valence-corrected chi connectivity index (χ3v) is 4.04. The van der Waals surface area contributed by atoms with Crippen LogP contribution in [0.3, 0.4) is 0 Å². The summed E-state index contributed by atoms with van der Waals surface area (Å²) >= 11 is 0. The highest BCUT2D eigenvalue weighted by atomic mass is 15.4. The SMILES string of the molecule is Cc1ccc(-n2nnc(C#N)c2C2CCC2)cc1C.